The molecule has 2 rings (SSSR count). The molecule has 1 fully saturated rings. The molecule has 1 aromatic rings. The molecule has 0 aliphatic carbocycles. The number of aliphatic hydroxyl groups is 2. The Morgan fingerprint density at radius 1 is 1.29 bits per heavy atom. The first kappa shape index (κ1) is 16.4. The maximum Gasteiger partial charge on any atom is 0.123 e. The zero-order valence-corrected chi connectivity index (χ0v) is 12.2. The number of hydrogen-bond acceptors (Lipinski definition) is 4. The van der Waals surface area contributed by atoms with Gasteiger partial charge in [-0.25, -0.2) is 4.39 Å². The highest BCUT2D eigenvalue weighted by Gasteiger charge is 2.26. The van der Waals surface area contributed by atoms with E-state index in [-0.39, 0.29) is 12.4 Å². The van der Waals surface area contributed by atoms with Gasteiger partial charge in [-0.05, 0) is 43.5 Å². The second kappa shape index (κ2) is 8.44. The molecule has 0 radical (unpaired) electrons. The van der Waals surface area contributed by atoms with Crippen LogP contribution in [0.3, 0.4) is 0 Å². The van der Waals surface area contributed by atoms with Gasteiger partial charge in [-0.15, -0.1) is 0 Å². The van der Waals surface area contributed by atoms with Gasteiger partial charge in [0.1, 0.15) is 5.82 Å². The zero-order valence-electron chi connectivity index (χ0n) is 12.2. The number of ether oxygens (including phenoxy) is 1. The van der Waals surface area contributed by atoms with E-state index in [1.165, 1.54) is 12.1 Å². The van der Waals surface area contributed by atoms with Crippen LogP contribution in [0.2, 0.25) is 0 Å². The van der Waals surface area contributed by atoms with Gasteiger partial charge in [-0.2, -0.15) is 0 Å². The second-order valence-electron chi connectivity index (χ2n) is 5.47. The van der Waals surface area contributed by atoms with Crippen LogP contribution in [0.25, 0.3) is 0 Å². The largest absolute Gasteiger partial charge is 0.394 e. The molecule has 1 aliphatic rings. The molecule has 1 heterocycles. The van der Waals surface area contributed by atoms with Crippen LogP contribution in [-0.4, -0.2) is 54.1 Å². The molecule has 1 aromatic carbocycles. The maximum atomic E-state index is 12.9. The predicted octanol–water partition coefficient (Wildman–Crippen LogP) is 1.72. The number of benzene rings is 1. The van der Waals surface area contributed by atoms with Crippen molar-refractivity contribution >= 4 is 0 Å². The van der Waals surface area contributed by atoms with Crippen molar-refractivity contribution < 1.29 is 19.3 Å². The highest BCUT2D eigenvalue weighted by molar-refractivity contribution is 5.18. The maximum absolute atomic E-state index is 12.9. The lowest BCUT2D eigenvalue weighted by Crippen LogP contribution is -2.33. The standard InChI is InChI=1S/C16H24FNO3/c17-14-5-3-13(4-6-14)16(20)12-15-2-1-7-18(15)8-10-21-11-9-19/h3-6,15-16,19-20H,1-2,7-12H2. The van der Waals surface area contributed by atoms with E-state index >= 15 is 0 Å². The van der Waals surface area contributed by atoms with E-state index in [4.69, 9.17) is 9.84 Å². The summed E-state index contributed by atoms with van der Waals surface area (Å²) >= 11 is 0. The smallest absolute Gasteiger partial charge is 0.123 e. The quantitative estimate of drug-likeness (QED) is 0.718. The Morgan fingerprint density at radius 2 is 2.05 bits per heavy atom. The molecule has 0 saturated carbocycles. The Kier molecular flexibility index (Phi) is 6.57. The molecule has 0 aromatic heterocycles. The van der Waals surface area contributed by atoms with Crippen molar-refractivity contribution in [3.63, 3.8) is 0 Å². The Hall–Kier alpha value is -1.01. The summed E-state index contributed by atoms with van der Waals surface area (Å²) < 4.78 is 18.2. The van der Waals surface area contributed by atoms with Crippen molar-refractivity contribution in [1.82, 2.24) is 4.90 Å². The minimum absolute atomic E-state index is 0.0483. The van der Waals surface area contributed by atoms with Gasteiger partial charge in [0, 0.05) is 12.6 Å². The molecular formula is C16H24FNO3. The van der Waals surface area contributed by atoms with E-state index in [1.54, 1.807) is 12.1 Å². The minimum atomic E-state index is -0.561. The van der Waals surface area contributed by atoms with Gasteiger partial charge in [0.2, 0.25) is 0 Å². The summed E-state index contributed by atoms with van der Waals surface area (Å²) in [5.74, 6) is -0.283. The van der Waals surface area contributed by atoms with Crippen molar-refractivity contribution in [3.05, 3.63) is 35.6 Å². The van der Waals surface area contributed by atoms with Crippen LogP contribution in [0.15, 0.2) is 24.3 Å². The fourth-order valence-corrected chi connectivity index (χ4v) is 2.88. The van der Waals surface area contributed by atoms with Crippen molar-refractivity contribution in [3.8, 4) is 0 Å². The van der Waals surface area contributed by atoms with E-state index in [0.29, 0.717) is 25.7 Å². The van der Waals surface area contributed by atoms with E-state index in [1.807, 2.05) is 0 Å². The third-order valence-electron chi connectivity index (χ3n) is 4.01. The number of nitrogens with zero attached hydrogens (tertiary/aromatic N) is 1. The lowest BCUT2D eigenvalue weighted by atomic mass is 10.0. The summed E-state index contributed by atoms with van der Waals surface area (Å²) in [6.45, 7) is 2.86. The molecule has 4 nitrogen and oxygen atoms in total. The number of halogens is 1. The normalized spacial score (nSPS) is 20.8. The zero-order chi connectivity index (χ0) is 15.1. The summed E-state index contributed by atoms with van der Waals surface area (Å²) in [5, 5.41) is 19.0. The van der Waals surface area contributed by atoms with Crippen LogP contribution < -0.4 is 0 Å². The third kappa shape index (κ3) is 5.04. The van der Waals surface area contributed by atoms with E-state index < -0.39 is 6.10 Å². The van der Waals surface area contributed by atoms with Crippen LogP contribution >= 0.6 is 0 Å². The molecule has 1 saturated heterocycles. The van der Waals surface area contributed by atoms with Crippen LogP contribution in [0.4, 0.5) is 4.39 Å². The van der Waals surface area contributed by atoms with Gasteiger partial charge in [-0.1, -0.05) is 12.1 Å². The molecule has 5 heteroatoms. The first-order valence-corrected chi connectivity index (χ1v) is 7.57. The Balaban J connectivity index is 1.81. The summed E-state index contributed by atoms with van der Waals surface area (Å²) in [6, 6.07) is 6.39. The van der Waals surface area contributed by atoms with Crippen LogP contribution in [-0.2, 0) is 4.74 Å². The molecule has 2 N–H and O–H groups in total. The predicted molar refractivity (Wildman–Crippen MR) is 78.5 cm³/mol. The number of likely N-dealkylation sites (tertiary alicyclic amines) is 1. The van der Waals surface area contributed by atoms with Crippen LogP contribution in [0.5, 0.6) is 0 Å². The highest BCUT2D eigenvalue weighted by Crippen LogP contribution is 2.27. The van der Waals surface area contributed by atoms with Gasteiger partial charge in [0.25, 0.3) is 0 Å². The van der Waals surface area contributed by atoms with Gasteiger partial charge in [-0.3, -0.25) is 4.90 Å². The Morgan fingerprint density at radius 3 is 2.76 bits per heavy atom. The molecular weight excluding hydrogens is 273 g/mol. The fraction of sp³-hybridized carbons (Fsp3) is 0.625. The fourth-order valence-electron chi connectivity index (χ4n) is 2.88. The molecule has 2 atom stereocenters. The number of aliphatic hydroxyl groups excluding tert-OH is 2. The summed E-state index contributed by atoms with van der Waals surface area (Å²) in [7, 11) is 0. The average molecular weight is 297 g/mol. The first-order valence-electron chi connectivity index (χ1n) is 7.57. The molecule has 0 amide bonds. The molecule has 21 heavy (non-hydrogen) atoms. The van der Waals surface area contributed by atoms with Crippen molar-refractivity contribution in [2.75, 3.05) is 32.9 Å². The Bertz CT molecular complexity index is 412. The minimum Gasteiger partial charge on any atom is -0.394 e. The van der Waals surface area contributed by atoms with Crippen molar-refractivity contribution in [2.24, 2.45) is 0 Å². The van der Waals surface area contributed by atoms with E-state index in [9.17, 15) is 9.50 Å². The molecule has 1 aliphatic heterocycles. The molecule has 0 bridgehead atoms. The van der Waals surface area contributed by atoms with Gasteiger partial charge in [0.15, 0.2) is 0 Å². The van der Waals surface area contributed by atoms with Gasteiger partial charge >= 0.3 is 0 Å². The highest BCUT2D eigenvalue weighted by atomic mass is 19.1. The average Bonchev–Trinajstić information content (AvgIpc) is 2.91. The SMILES string of the molecule is OCCOCCN1CCCC1CC(O)c1ccc(F)cc1. The lowest BCUT2D eigenvalue weighted by molar-refractivity contribution is 0.0616. The van der Waals surface area contributed by atoms with Gasteiger partial charge < -0.3 is 14.9 Å². The summed E-state index contributed by atoms with van der Waals surface area (Å²) in [5.41, 5.74) is 0.764. The lowest BCUT2D eigenvalue weighted by Gasteiger charge is -2.26. The number of hydrogen-bond donors (Lipinski definition) is 2. The third-order valence-corrected chi connectivity index (χ3v) is 4.01. The van der Waals surface area contributed by atoms with Crippen molar-refractivity contribution in [1.29, 1.82) is 0 Å². The van der Waals surface area contributed by atoms with E-state index in [0.717, 1.165) is 31.5 Å². The summed E-state index contributed by atoms with van der Waals surface area (Å²) in [6.07, 6.45) is 2.29. The summed E-state index contributed by atoms with van der Waals surface area (Å²) in [4.78, 5) is 2.32. The molecule has 2 unspecified atom stereocenters. The monoisotopic (exact) mass is 297 g/mol. The second-order valence-corrected chi connectivity index (χ2v) is 5.47. The first-order chi connectivity index (χ1) is 10.2. The van der Waals surface area contributed by atoms with Crippen molar-refractivity contribution in [2.45, 2.75) is 31.4 Å². The Labute approximate surface area is 125 Å². The van der Waals surface area contributed by atoms with E-state index in [2.05, 4.69) is 4.90 Å². The van der Waals surface area contributed by atoms with Gasteiger partial charge in [0.05, 0.1) is 25.9 Å². The topological polar surface area (TPSA) is 52.9 Å². The van der Waals surface area contributed by atoms with Crippen LogP contribution in [0, 0.1) is 5.82 Å². The van der Waals surface area contributed by atoms with Crippen LogP contribution in [0.1, 0.15) is 30.9 Å². The number of rotatable bonds is 8. The molecule has 118 valence electrons. The molecule has 0 spiro atoms.